The smallest absolute Gasteiger partial charge is 0.408 e. The summed E-state index contributed by atoms with van der Waals surface area (Å²) in [5, 5.41) is 2.43. The Morgan fingerprint density at radius 2 is 1.88 bits per heavy atom. The van der Waals surface area contributed by atoms with Gasteiger partial charge in [-0.1, -0.05) is 0 Å². The molecule has 0 spiro atoms. The van der Waals surface area contributed by atoms with E-state index in [0.29, 0.717) is 0 Å². The summed E-state index contributed by atoms with van der Waals surface area (Å²) >= 11 is 0. The van der Waals surface area contributed by atoms with Gasteiger partial charge in [0.15, 0.2) is 0 Å². The highest BCUT2D eigenvalue weighted by molar-refractivity contribution is 5.81. The minimum Gasteiger partial charge on any atom is -0.461 e. The van der Waals surface area contributed by atoms with Crippen molar-refractivity contribution >= 4 is 12.1 Å². The molecular formula is C11H19NO4. The Morgan fingerprint density at radius 3 is 2.31 bits per heavy atom. The number of hydrogen-bond acceptors (Lipinski definition) is 4. The summed E-state index contributed by atoms with van der Waals surface area (Å²) in [5.41, 5.74) is -0.565. The van der Waals surface area contributed by atoms with Gasteiger partial charge in [-0.3, -0.25) is 0 Å². The molecule has 0 aromatic rings. The van der Waals surface area contributed by atoms with E-state index in [1.54, 1.807) is 27.7 Å². The molecule has 16 heavy (non-hydrogen) atoms. The third kappa shape index (κ3) is 5.00. The second-order valence-electron chi connectivity index (χ2n) is 5.00. The Balaban J connectivity index is 2.29. The lowest BCUT2D eigenvalue weighted by molar-refractivity contribution is -0.146. The van der Waals surface area contributed by atoms with Gasteiger partial charge < -0.3 is 14.8 Å². The molecule has 0 saturated heterocycles. The number of rotatable bonds is 3. The predicted molar refractivity (Wildman–Crippen MR) is 57.9 cm³/mol. The van der Waals surface area contributed by atoms with Crippen molar-refractivity contribution in [2.45, 2.75) is 58.3 Å². The lowest BCUT2D eigenvalue weighted by Crippen LogP contribution is -2.42. The average Bonchev–Trinajstić information content (AvgIpc) is 2.83. The Hall–Kier alpha value is -1.26. The fraction of sp³-hybridized carbons (Fsp3) is 0.818. The molecule has 92 valence electrons. The molecule has 0 aliphatic heterocycles. The highest BCUT2D eigenvalue weighted by Gasteiger charge is 2.29. The second-order valence-corrected chi connectivity index (χ2v) is 5.00. The van der Waals surface area contributed by atoms with E-state index in [1.807, 2.05) is 0 Å². The summed E-state index contributed by atoms with van der Waals surface area (Å²) < 4.78 is 10.1. The molecule has 0 bridgehead atoms. The van der Waals surface area contributed by atoms with E-state index in [2.05, 4.69) is 5.32 Å². The van der Waals surface area contributed by atoms with Gasteiger partial charge in [0.05, 0.1) is 0 Å². The molecule has 1 fully saturated rings. The zero-order valence-electron chi connectivity index (χ0n) is 10.2. The monoisotopic (exact) mass is 229 g/mol. The lowest BCUT2D eigenvalue weighted by atomic mass is 10.2. The molecule has 1 rings (SSSR count). The van der Waals surface area contributed by atoms with E-state index in [-0.39, 0.29) is 6.10 Å². The molecule has 1 amide bonds. The molecule has 0 unspecified atom stereocenters. The van der Waals surface area contributed by atoms with Crippen LogP contribution in [-0.4, -0.2) is 29.8 Å². The topological polar surface area (TPSA) is 64.6 Å². The van der Waals surface area contributed by atoms with Gasteiger partial charge in [-0.05, 0) is 40.5 Å². The van der Waals surface area contributed by atoms with Gasteiger partial charge in [-0.15, -0.1) is 0 Å². The summed E-state index contributed by atoms with van der Waals surface area (Å²) in [7, 11) is 0. The van der Waals surface area contributed by atoms with Crippen LogP contribution in [0.4, 0.5) is 4.79 Å². The molecule has 1 atom stereocenters. The molecule has 0 aromatic heterocycles. The van der Waals surface area contributed by atoms with Gasteiger partial charge in [0, 0.05) is 0 Å². The van der Waals surface area contributed by atoms with Crippen LogP contribution in [0.5, 0.6) is 0 Å². The van der Waals surface area contributed by atoms with Crippen LogP contribution in [0.15, 0.2) is 0 Å². The molecule has 5 heteroatoms. The lowest BCUT2D eigenvalue weighted by Gasteiger charge is -2.21. The first-order chi connectivity index (χ1) is 7.28. The Morgan fingerprint density at radius 1 is 1.31 bits per heavy atom. The predicted octanol–water partition coefficient (Wildman–Crippen LogP) is 1.61. The molecule has 1 aliphatic carbocycles. The molecule has 1 saturated carbocycles. The zero-order valence-corrected chi connectivity index (χ0v) is 10.2. The first-order valence-corrected chi connectivity index (χ1v) is 5.48. The van der Waals surface area contributed by atoms with E-state index in [4.69, 9.17) is 9.47 Å². The Labute approximate surface area is 95.5 Å². The van der Waals surface area contributed by atoms with Gasteiger partial charge in [0.25, 0.3) is 0 Å². The Kier molecular flexibility index (Phi) is 3.78. The molecule has 0 heterocycles. The average molecular weight is 229 g/mol. The van der Waals surface area contributed by atoms with Crippen molar-refractivity contribution in [3.63, 3.8) is 0 Å². The van der Waals surface area contributed by atoms with Crippen molar-refractivity contribution in [3.8, 4) is 0 Å². The highest BCUT2D eigenvalue weighted by Crippen LogP contribution is 2.23. The van der Waals surface area contributed by atoms with Crippen LogP contribution < -0.4 is 5.32 Å². The number of nitrogens with one attached hydrogen (secondary N) is 1. The van der Waals surface area contributed by atoms with Crippen molar-refractivity contribution < 1.29 is 19.1 Å². The second kappa shape index (κ2) is 4.72. The largest absolute Gasteiger partial charge is 0.461 e. The SMILES string of the molecule is C[C@@H](NC(=O)OC(C)(C)C)C(=O)OC1CC1. The van der Waals surface area contributed by atoms with Gasteiger partial charge in [-0.25, -0.2) is 9.59 Å². The van der Waals surface area contributed by atoms with Crippen LogP contribution in [-0.2, 0) is 14.3 Å². The molecule has 0 aromatic carbocycles. The first kappa shape index (κ1) is 12.8. The molecule has 1 N–H and O–H groups in total. The van der Waals surface area contributed by atoms with Crippen LogP contribution in [0.1, 0.15) is 40.5 Å². The minimum absolute atomic E-state index is 0.0513. The van der Waals surface area contributed by atoms with Gasteiger partial charge in [0.2, 0.25) is 0 Å². The number of alkyl carbamates (subject to hydrolysis) is 1. The number of hydrogen-bond donors (Lipinski definition) is 1. The van der Waals surface area contributed by atoms with Crippen molar-refractivity contribution in [2.75, 3.05) is 0 Å². The third-order valence-corrected chi connectivity index (χ3v) is 1.89. The number of esters is 1. The van der Waals surface area contributed by atoms with Gasteiger partial charge >= 0.3 is 12.1 Å². The zero-order chi connectivity index (χ0) is 12.3. The quantitative estimate of drug-likeness (QED) is 0.747. The van der Waals surface area contributed by atoms with E-state index in [0.717, 1.165) is 12.8 Å². The van der Waals surface area contributed by atoms with Crippen LogP contribution in [0.3, 0.4) is 0 Å². The van der Waals surface area contributed by atoms with E-state index in [9.17, 15) is 9.59 Å². The van der Waals surface area contributed by atoms with Crippen LogP contribution >= 0.6 is 0 Å². The van der Waals surface area contributed by atoms with Crippen LogP contribution in [0, 0.1) is 0 Å². The summed E-state index contributed by atoms with van der Waals surface area (Å²) in [6, 6.07) is -0.671. The van der Waals surface area contributed by atoms with Crippen molar-refractivity contribution in [3.05, 3.63) is 0 Å². The fourth-order valence-electron chi connectivity index (χ4n) is 0.995. The van der Waals surface area contributed by atoms with Crippen molar-refractivity contribution in [2.24, 2.45) is 0 Å². The van der Waals surface area contributed by atoms with Crippen LogP contribution in [0.2, 0.25) is 0 Å². The van der Waals surface area contributed by atoms with Gasteiger partial charge in [-0.2, -0.15) is 0 Å². The first-order valence-electron chi connectivity index (χ1n) is 5.48. The maximum Gasteiger partial charge on any atom is 0.408 e. The molecule has 5 nitrogen and oxygen atoms in total. The van der Waals surface area contributed by atoms with E-state index >= 15 is 0 Å². The van der Waals surface area contributed by atoms with E-state index in [1.165, 1.54) is 0 Å². The summed E-state index contributed by atoms with van der Waals surface area (Å²) in [6.07, 6.45) is 1.29. The Bertz CT molecular complexity index is 278. The standard InChI is InChI=1S/C11H19NO4/c1-7(9(13)15-8-5-6-8)12-10(14)16-11(2,3)4/h7-8H,5-6H2,1-4H3,(H,12,14)/t7-/m1/s1. The van der Waals surface area contributed by atoms with Crippen molar-refractivity contribution in [1.29, 1.82) is 0 Å². The van der Waals surface area contributed by atoms with E-state index < -0.39 is 23.7 Å². The minimum atomic E-state index is -0.671. The summed E-state index contributed by atoms with van der Waals surface area (Å²) in [4.78, 5) is 22.7. The normalized spacial score (nSPS) is 17.5. The molecule has 1 aliphatic rings. The molecule has 0 radical (unpaired) electrons. The fourth-order valence-corrected chi connectivity index (χ4v) is 0.995. The maximum atomic E-state index is 11.4. The number of amides is 1. The van der Waals surface area contributed by atoms with Crippen LogP contribution in [0.25, 0.3) is 0 Å². The van der Waals surface area contributed by atoms with Crippen molar-refractivity contribution in [1.82, 2.24) is 5.32 Å². The number of carbonyl (C=O) groups excluding carboxylic acids is 2. The number of ether oxygens (including phenoxy) is 2. The van der Waals surface area contributed by atoms with Gasteiger partial charge in [0.1, 0.15) is 17.7 Å². The molecular weight excluding hydrogens is 210 g/mol. The summed E-state index contributed by atoms with van der Waals surface area (Å²) in [5.74, 6) is -0.409. The third-order valence-electron chi connectivity index (χ3n) is 1.89. The summed E-state index contributed by atoms with van der Waals surface area (Å²) in [6.45, 7) is 6.87. The highest BCUT2D eigenvalue weighted by atomic mass is 16.6. The number of carbonyl (C=O) groups is 2. The maximum absolute atomic E-state index is 11.4.